The molecule has 1 rings (SSSR count). The molecule has 1 amide bonds. The number of nitrogens with one attached hydrogen (secondary N) is 1. The van der Waals surface area contributed by atoms with E-state index in [1.54, 1.807) is 5.48 Å². The van der Waals surface area contributed by atoms with Gasteiger partial charge < -0.3 is 0 Å². The van der Waals surface area contributed by atoms with Gasteiger partial charge in [0, 0.05) is 18.8 Å². The molecule has 0 unspecified atom stereocenters. The molecule has 1 aliphatic carbocycles. The van der Waals surface area contributed by atoms with Crippen LogP contribution in [0.1, 0.15) is 39.0 Å². The third-order valence-electron chi connectivity index (χ3n) is 3.11. The van der Waals surface area contributed by atoms with Crippen molar-refractivity contribution in [1.82, 2.24) is 5.48 Å². The summed E-state index contributed by atoms with van der Waals surface area (Å²) in [5.41, 5.74) is 1.63. The molecule has 1 fully saturated rings. The molecule has 1 saturated carbocycles. The maximum Gasteiger partial charge on any atom is 0.243 e. The number of Topliss-reactive ketones (excluding diaryl/α,β-unsaturated/α-hetero) is 1. The average Bonchev–Trinajstić information content (AvgIpc) is 2.61. The second-order valence-corrected chi connectivity index (χ2v) is 4.23. The van der Waals surface area contributed by atoms with Crippen molar-refractivity contribution in [2.45, 2.75) is 39.0 Å². The summed E-state index contributed by atoms with van der Waals surface area (Å²) in [4.78, 5) is 22.7. The SMILES string of the molecule is CC/C=C\C[C@@H]1C(=O)CC[C@H]1CC(=O)NO. The number of allylic oxidation sites excluding steroid dienone is 2. The monoisotopic (exact) mass is 225 g/mol. The Hall–Kier alpha value is -1.16. The third-order valence-corrected chi connectivity index (χ3v) is 3.11. The van der Waals surface area contributed by atoms with E-state index in [-0.39, 0.29) is 24.0 Å². The van der Waals surface area contributed by atoms with E-state index in [0.717, 1.165) is 19.3 Å². The van der Waals surface area contributed by atoms with Crippen molar-refractivity contribution < 1.29 is 14.8 Å². The molecule has 2 N–H and O–H groups in total. The molecule has 0 spiro atoms. The summed E-state index contributed by atoms with van der Waals surface area (Å²) >= 11 is 0. The van der Waals surface area contributed by atoms with Crippen molar-refractivity contribution >= 4 is 11.7 Å². The van der Waals surface area contributed by atoms with E-state index < -0.39 is 5.91 Å². The van der Waals surface area contributed by atoms with Crippen molar-refractivity contribution in [3.8, 4) is 0 Å². The summed E-state index contributed by atoms with van der Waals surface area (Å²) in [6.07, 6.45) is 7.29. The standard InChI is InChI=1S/C12H19NO3/c1-2-3-4-5-10-9(6-7-11(10)14)8-12(15)13-16/h3-4,9-10,16H,2,5-8H2,1H3,(H,13,15)/b4-3-/t9-,10-/m0/s1. The Labute approximate surface area is 95.7 Å². The van der Waals surface area contributed by atoms with E-state index in [0.29, 0.717) is 6.42 Å². The Bertz CT molecular complexity index is 286. The molecule has 0 saturated heterocycles. The van der Waals surface area contributed by atoms with Crippen molar-refractivity contribution in [2.75, 3.05) is 0 Å². The lowest BCUT2D eigenvalue weighted by molar-refractivity contribution is -0.130. The Morgan fingerprint density at radius 1 is 1.56 bits per heavy atom. The second-order valence-electron chi connectivity index (χ2n) is 4.23. The minimum atomic E-state index is -0.399. The van der Waals surface area contributed by atoms with Crippen LogP contribution in [-0.4, -0.2) is 16.9 Å². The summed E-state index contributed by atoms with van der Waals surface area (Å²) in [6.45, 7) is 2.05. The first kappa shape index (κ1) is 12.9. The van der Waals surface area contributed by atoms with Crippen molar-refractivity contribution in [3.63, 3.8) is 0 Å². The molecule has 2 atom stereocenters. The highest BCUT2D eigenvalue weighted by atomic mass is 16.5. The smallest absolute Gasteiger partial charge is 0.243 e. The number of amides is 1. The summed E-state index contributed by atoms with van der Waals surface area (Å²) in [6, 6.07) is 0. The highest BCUT2D eigenvalue weighted by molar-refractivity contribution is 5.85. The normalized spacial score (nSPS) is 25.2. The molecule has 90 valence electrons. The Balaban J connectivity index is 2.52. The van der Waals surface area contributed by atoms with Crippen LogP contribution in [0.2, 0.25) is 0 Å². The largest absolute Gasteiger partial charge is 0.299 e. The minimum Gasteiger partial charge on any atom is -0.299 e. The summed E-state index contributed by atoms with van der Waals surface area (Å²) in [5.74, 6) is -0.109. The van der Waals surface area contributed by atoms with E-state index in [2.05, 4.69) is 0 Å². The summed E-state index contributed by atoms with van der Waals surface area (Å²) in [7, 11) is 0. The van der Waals surface area contributed by atoms with E-state index >= 15 is 0 Å². The zero-order valence-electron chi connectivity index (χ0n) is 9.61. The van der Waals surface area contributed by atoms with Crippen LogP contribution >= 0.6 is 0 Å². The highest BCUT2D eigenvalue weighted by Gasteiger charge is 2.34. The summed E-state index contributed by atoms with van der Waals surface area (Å²) in [5, 5.41) is 8.46. The topological polar surface area (TPSA) is 66.4 Å². The molecule has 0 aromatic rings. The van der Waals surface area contributed by atoms with Crippen molar-refractivity contribution in [2.24, 2.45) is 11.8 Å². The maximum absolute atomic E-state index is 11.6. The average molecular weight is 225 g/mol. The van der Waals surface area contributed by atoms with Gasteiger partial charge in [0.05, 0.1) is 0 Å². The van der Waals surface area contributed by atoms with Crippen LogP contribution in [-0.2, 0) is 9.59 Å². The minimum absolute atomic E-state index is 0.0416. The fourth-order valence-corrected chi connectivity index (χ4v) is 2.24. The first-order valence-electron chi connectivity index (χ1n) is 5.79. The molecule has 0 aliphatic heterocycles. The van der Waals surface area contributed by atoms with E-state index in [4.69, 9.17) is 5.21 Å². The number of rotatable bonds is 5. The molecule has 4 heteroatoms. The molecule has 0 bridgehead atoms. The highest BCUT2D eigenvalue weighted by Crippen LogP contribution is 2.33. The maximum atomic E-state index is 11.6. The van der Waals surface area contributed by atoms with Gasteiger partial charge in [-0.25, -0.2) is 5.48 Å². The Morgan fingerprint density at radius 2 is 2.31 bits per heavy atom. The lowest BCUT2D eigenvalue weighted by Crippen LogP contribution is -2.24. The number of carbonyl (C=O) groups is 2. The molecule has 16 heavy (non-hydrogen) atoms. The van der Waals surface area contributed by atoms with Crippen molar-refractivity contribution in [3.05, 3.63) is 12.2 Å². The zero-order valence-corrected chi connectivity index (χ0v) is 9.61. The number of hydrogen-bond donors (Lipinski definition) is 2. The van der Waals surface area contributed by atoms with Crippen LogP contribution in [0, 0.1) is 11.8 Å². The van der Waals surface area contributed by atoms with Crippen LogP contribution < -0.4 is 5.48 Å². The van der Waals surface area contributed by atoms with E-state index in [1.165, 1.54) is 0 Å². The van der Waals surface area contributed by atoms with E-state index in [1.807, 2.05) is 19.1 Å². The lowest BCUT2D eigenvalue weighted by Gasteiger charge is -2.15. The number of hydrogen-bond acceptors (Lipinski definition) is 3. The van der Waals surface area contributed by atoms with Crippen LogP contribution in [0.25, 0.3) is 0 Å². The van der Waals surface area contributed by atoms with Gasteiger partial charge in [0.2, 0.25) is 5.91 Å². The predicted molar refractivity (Wildman–Crippen MR) is 59.8 cm³/mol. The molecular weight excluding hydrogens is 206 g/mol. The lowest BCUT2D eigenvalue weighted by atomic mass is 9.89. The molecule has 0 radical (unpaired) electrons. The van der Waals surface area contributed by atoms with Gasteiger partial charge >= 0.3 is 0 Å². The van der Waals surface area contributed by atoms with Gasteiger partial charge in [-0.3, -0.25) is 14.8 Å². The van der Waals surface area contributed by atoms with Gasteiger partial charge in [0.1, 0.15) is 5.78 Å². The molecule has 0 aromatic carbocycles. The molecule has 0 heterocycles. The van der Waals surface area contributed by atoms with Gasteiger partial charge in [-0.1, -0.05) is 19.1 Å². The predicted octanol–water partition coefficient (Wildman–Crippen LogP) is 1.83. The number of ketones is 1. The van der Waals surface area contributed by atoms with Gasteiger partial charge in [0.15, 0.2) is 0 Å². The van der Waals surface area contributed by atoms with Crippen molar-refractivity contribution in [1.29, 1.82) is 0 Å². The zero-order chi connectivity index (χ0) is 12.0. The molecule has 0 aromatic heterocycles. The van der Waals surface area contributed by atoms with E-state index in [9.17, 15) is 9.59 Å². The van der Waals surface area contributed by atoms with Gasteiger partial charge in [-0.15, -0.1) is 0 Å². The fourth-order valence-electron chi connectivity index (χ4n) is 2.24. The Kier molecular flexibility index (Phi) is 5.19. The van der Waals surface area contributed by atoms with Crippen LogP contribution in [0.3, 0.4) is 0 Å². The third kappa shape index (κ3) is 3.45. The van der Waals surface area contributed by atoms with Gasteiger partial charge in [0.25, 0.3) is 0 Å². The first-order chi connectivity index (χ1) is 7.69. The van der Waals surface area contributed by atoms with Gasteiger partial charge in [-0.05, 0) is 25.2 Å². The second kappa shape index (κ2) is 6.43. The fraction of sp³-hybridized carbons (Fsp3) is 0.667. The molecular formula is C12H19NO3. The summed E-state index contributed by atoms with van der Waals surface area (Å²) < 4.78 is 0. The van der Waals surface area contributed by atoms with Crippen LogP contribution in [0.4, 0.5) is 0 Å². The molecule has 1 aliphatic rings. The molecule has 4 nitrogen and oxygen atoms in total. The van der Waals surface area contributed by atoms with Crippen LogP contribution in [0.5, 0.6) is 0 Å². The van der Waals surface area contributed by atoms with Gasteiger partial charge in [-0.2, -0.15) is 0 Å². The Morgan fingerprint density at radius 3 is 2.94 bits per heavy atom. The van der Waals surface area contributed by atoms with Crippen LogP contribution in [0.15, 0.2) is 12.2 Å². The first-order valence-corrected chi connectivity index (χ1v) is 5.79. The number of carbonyl (C=O) groups excluding carboxylic acids is 2. The quantitative estimate of drug-likeness (QED) is 0.426. The number of hydroxylamine groups is 1.